The molecule has 0 fully saturated rings. The number of rotatable bonds is 4. The fourth-order valence-corrected chi connectivity index (χ4v) is 1.25. The summed E-state index contributed by atoms with van der Waals surface area (Å²) in [6.07, 6.45) is -0.755. The number of hydrogen-bond acceptors (Lipinski definition) is 4. The Morgan fingerprint density at radius 2 is 2.00 bits per heavy atom. The monoisotopic (exact) mass is 281 g/mol. The maximum absolute atomic E-state index is 11.5. The van der Waals surface area contributed by atoms with Gasteiger partial charge < -0.3 is 14.8 Å². The normalized spacial score (nSPS) is 9.80. The average molecular weight is 281 g/mol. The summed E-state index contributed by atoms with van der Waals surface area (Å²) in [5.41, 5.74) is 4.74. The number of urea groups is 1. The maximum Gasteiger partial charge on any atom is 0.425 e. The van der Waals surface area contributed by atoms with Crippen molar-refractivity contribution in [2.45, 2.75) is 13.8 Å². The van der Waals surface area contributed by atoms with E-state index in [1.807, 2.05) is 13.8 Å². The van der Waals surface area contributed by atoms with Crippen LogP contribution in [0.25, 0.3) is 0 Å². The van der Waals surface area contributed by atoms with Crippen LogP contribution in [0.2, 0.25) is 0 Å². The molecule has 0 saturated heterocycles. The van der Waals surface area contributed by atoms with Crippen molar-refractivity contribution in [2.24, 2.45) is 5.92 Å². The topological polar surface area (TPSA) is 88.7 Å². The molecule has 0 radical (unpaired) electrons. The van der Waals surface area contributed by atoms with Gasteiger partial charge in [-0.15, -0.1) is 0 Å². The Morgan fingerprint density at radius 1 is 1.25 bits per heavy atom. The molecule has 0 unspecified atom stereocenters. The van der Waals surface area contributed by atoms with E-state index < -0.39 is 12.1 Å². The lowest BCUT2D eigenvalue weighted by Crippen LogP contribution is -2.43. The molecule has 110 valence electrons. The van der Waals surface area contributed by atoms with Gasteiger partial charge in [0.05, 0.1) is 13.7 Å². The van der Waals surface area contributed by atoms with Crippen molar-refractivity contribution in [3.05, 3.63) is 24.3 Å². The first-order valence-electron chi connectivity index (χ1n) is 6.15. The smallest absolute Gasteiger partial charge is 0.425 e. The highest BCUT2D eigenvalue weighted by Crippen LogP contribution is 2.17. The summed E-state index contributed by atoms with van der Waals surface area (Å²) in [6.45, 7) is 4.70. The lowest BCUT2D eigenvalue weighted by molar-refractivity contribution is 0.166. The number of benzene rings is 1. The van der Waals surface area contributed by atoms with Gasteiger partial charge >= 0.3 is 12.1 Å². The van der Waals surface area contributed by atoms with Gasteiger partial charge in [0, 0.05) is 11.8 Å². The van der Waals surface area contributed by atoms with E-state index in [2.05, 4.69) is 20.9 Å². The molecule has 0 aromatic heterocycles. The Hall–Kier alpha value is -2.44. The average Bonchev–Trinajstić information content (AvgIpc) is 2.43. The summed E-state index contributed by atoms with van der Waals surface area (Å²) in [6, 6.07) is 6.38. The van der Waals surface area contributed by atoms with E-state index in [4.69, 9.17) is 4.74 Å². The first-order chi connectivity index (χ1) is 9.51. The van der Waals surface area contributed by atoms with Crippen molar-refractivity contribution in [3.8, 4) is 5.75 Å². The van der Waals surface area contributed by atoms with Gasteiger partial charge in [-0.1, -0.05) is 19.9 Å². The van der Waals surface area contributed by atoms with Crippen LogP contribution in [0.3, 0.4) is 0 Å². The molecule has 0 aliphatic rings. The van der Waals surface area contributed by atoms with E-state index in [1.54, 1.807) is 24.3 Å². The number of anilines is 1. The molecule has 7 heteroatoms. The quantitative estimate of drug-likeness (QED) is 0.737. The first-order valence-corrected chi connectivity index (χ1v) is 6.15. The van der Waals surface area contributed by atoms with E-state index in [1.165, 1.54) is 7.11 Å². The first kappa shape index (κ1) is 15.6. The van der Waals surface area contributed by atoms with E-state index in [0.29, 0.717) is 24.0 Å². The number of ether oxygens (including phenoxy) is 2. The standard InChI is InChI=1S/C13H19N3O4/c1-9(2)8-20-11-6-4-5-10(7-11)14-12(17)15-16-13(18)19-3/h4-7,9H,8H2,1-3H3,(H,16,18)(H2,14,15,17). The highest BCUT2D eigenvalue weighted by molar-refractivity contribution is 5.90. The molecule has 3 N–H and O–H groups in total. The zero-order valence-electron chi connectivity index (χ0n) is 11.7. The lowest BCUT2D eigenvalue weighted by atomic mass is 10.2. The van der Waals surface area contributed by atoms with Gasteiger partial charge in [-0.3, -0.25) is 0 Å². The molecular formula is C13H19N3O4. The second-order valence-corrected chi connectivity index (χ2v) is 4.43. The molecule has 7 nitrogen and oxygen atoms in total. The lowest BCUT2D eigenvalue weighted by Gasteiger charge is -2.11. The predicted molar refractivity (Wildman–Crippen MR) is 74.5 cm³/mol. The van der Waals surface area contributed by atoms with Gasteiger partial charge in [-0.2, -0.15) is 0 Å². The second kappa shape index (κ2) is 7.88. The largest absolute Gasteiger partial charge is 0.493 e. The van der Waals surface area contributed by atoms with Crippen molar-refractivity contribution in [2.75, 3.05) is 19.0 Å². The van der Waals surface area contributed by atoms with Gasteiger partial charge in [0.1, 0.15) is 5.75 Å². The van der Waals surface area contributed by atoms with Gasteiger partial charge in [-0.25, -0.2) is 20.4 Å². The van der Waals surface area contributed by atoms with Crippen LogP contribution >= 0.6 is 0 Å². The Morgan fingerprint density at radius 3 is 2.65 bits per heavy atom. The van der Waals surface area contributed by atoms with Crippen molar-refractivity contribution in [1.29, 1.82) is 0 Å². The summed E-state index contributed by atoms with van der Waals surface area (Å²) in [7, 11) is 1.20. The van der Waals surface area contributed by atoms with Crippen molar-refractivity contribution in [1.82, 2.24) is 10.9 Å². The van der Waals surface area contributed by atoms with Gasteiger partial charge in [0.15, 0.2) is 0 Å². The Kier molecular flexibility index (Phi) is 6.15. The third kappa shape index (κ3) is 5.94. The van der Waals surface area contributed by atoms with E-state index >= 15 is 0 Å². The molecule has 0 spiro atoms. The van der Waals surface area contributed by atoms with Crippen LogP contribution in [0, 0.1) is 5.92 Å². The minimum Gasteiger partial charge on any atom is -0.493 e. The van der Waals surface area contributed by atoms with Gasteiger partial charge in [0.2, 0.25) is 0 Å². The van der Waals surface area contributed by atoms with Crippen LogP contribution in [0.1, 0.15) is 13.8 Å². The van der Waals surface area contributed by atoms with Crippen LogP contribution in [0.4, 0.5) is 15.3 Å². The molecule has 1 rings (SSSR count). The third-order valence-electron chi connectivity index (χ3n) is 2.14. The fraction of sp³-hybridized carbons (Fsp3) is 0.385. The summed E-state index contributed by atoms with van der Waals surface area (Å²) in [5.74, 6) is 1.08. The Labute approximate surface area is 117 Å². The number of carbonyl (C=O) groups is 2. The molecule has 20 heavy (non-hydrogen) atoms. The number of nitrogens with one attached hydrogen (secondary N) is 3. The van der Waals surface area contributed by atoms with E-state index in [9.17, 15) is 9.59 Å². The summed E-state index contributed by atoms with van der Waals surface area (Å²) in [5, 5.41) is 2.55. The number of amides is 3. The van der Waals surface area contributed by atoms with E-state index in [0.717, 1.165) is 0 Å². The van der Waals surface area contributed by atoms with Crippen LogP contribution in [0.5, 0.6) is 5.75 Å². The Balaban J connectivity index is 2.48. The minimum atomic E-state index is -0.755. The number of hydrazine groups is 1. The molecule has 0 saturated carbocycles. The second-order valence-electron chi connectivity index (χ2n) is 4.43. The molecule has 0 atom stereocenters. The Bertz CT molecular complexity index is 463. The zero-order valence-corrected chi connectivity index (χ0v) is 11.7. The van der Waals surface area contributed by atoms with Gasteiger partial charge in [-0.05, 0) is 18.1 Å². The predicted octanol–water partition coefficient (Wildman–Crippen LogP) is 2.11. The van der Waals surface area contributed by atoms with Crippen LogP contribution in [-0.2, 0) is 4.74 Å². The molecule has 0 aliphatic heterocycles. The summed E-state index contributed by atoms with van der Waals surface area (Å²) < 4.78 is 9.86. The van der Waals surface area contributed by atoms with Crippen molar-refractivity contribution >= 4 is 17.8 Å². The third-order valence-corrected chi connectivity index (χ3v) is 2.14. The van der Waals surface area contributed by atoms with Crippen molar-refractivity contribution < 1.29 is 19.1 Å². The summed E-state index contributed by atoms with van der Waals surface area (Å²) in [4.78, 5) is 22.3. The molecule has 1 aromatic carbocycles. The van der Waals surface area contributed by atoms with Crippen LogP contribution in [-0.4, -0.2) is 25.8 Å². The van der Waals surface area contributed by atoms with Crippen molar-refractivity contribution in [3.63, 3.8) is 0 Å². The van der Waals surface area contributed by atoms with Crippen LogP contribution < -0.4 is 20.9 Å². The molecule has 0 aliphatic carbocycles. The number of carbonyl (C=O) groups excluding carboxylic acids is 2. The SMILES string of the molecule is COC(=O)NNC(=O)Nc1cccc(OCC(C)C)c1. The molecular weight excluding hydrogens is 262 g/mol. The van der Waals surface area contributed by atoms with Crippen LogP contribution in [0.15, 0.2) is 24.3 Å². The minimum absolute atomic E-state index is 0.416. The number of hydrogen-bond donors (Lipinski definition) is 3. The fourth-order valence-electron chi connectivity index (χ4n) is 1.25. The number of methoxy groups -OCH3 is 1. The summed E-state index contributed by atoms with van der Waals surface area (Å²) >= 11 is 0. The van der Waals surface area contributed by atoms with E-state index in [-0.39, 0.29) is 0 Å². The zero-order chi connectivity index (χ0) is 15.0. The highest BCUT2D eigenvalue weighted by atomic mass is 16.5. The molecule has 0 heterocycles. The molecule has 1 aromatic rings. The highest BCUT2D eigenvalue weighted by Gasteiger charge is 2.05. The van der Waals surface area contributed by atoms with Gasteiger partial charge in [0.25, 0.3) is 0 Å². The maximum atomic E-state index is 11.5. The molecule has 3 amide bonds. The molecule has 0 bridgehead atoms.